The van der Waals surface area contributed by atoms with Gasteiger partial charge in [0.1, 0.15) is 5.01 Å². The van der Waals surface area contributed by atoms with Crippen molar-refractivity contribution in [1.29, 1.82) is 0 Å². The maximum absolute atomic E-state index is 4.42. The Bertz CT molecular complexity index is 289. The average Bonchev–Trinajstić information content (AvgIpc) is 2.49. The summed E-state index contributed by atoms with van der Waals surface area (Å²) in [5, 5.41) is 4.71. The van der Waals surface area contributed by atoms with Crippen LogP contribution in [0.25, 0.3) is 0 Å². The van der Waals surface area contributed by atoms with Crippen molar-refractivity contribution in [2.24, 2.45) is 5.92 Å². The molecule has 1 heterocycles. The van der Waals surface area contributed by atoms with Crippen LogP contribution in [-0.2, 0) is 5.54 Å². The van der Waals surface area contributed by atoms with Gasteiger partial charge in [0.2, 0.25) is 0 Å². The molecule has 0 aliphatic heterocycles. The number of rotatable bonds is 4. The number of thiazole rings is 1. The quantitative estimate of drug-likeness (QED) is 0.830. The molecular formula is C11H20N2S. The van der Waals surface area contributed by atoms with E-state index in [0.29, 0.717) is 5.92 Å². The predicted octanol–water partition coefficient (Wildman–Crippen LogP) is 2.93. The number of aromatic nitrogens is 1. The summed E-state index contributed by atoms with van der Waals surface area (Å²) >= 11 is 1.77. The lowest BCUT2D eigenvalue weighted by atomic mass is 10.1. The average molecular weight is 212 g/mol. The Hall–Kier alpha value is -0.410. The summed E-state index contributed by atoms with van der Waals surface area (Å²) in [5.41, 5.74) is 0.00317. The first kappa shape index (κ1) is 11.7. The van der Waals surface area contributed by atoms with Crippen LogP contribution < -0.4 is 5.32 Å². The molecule has 0 atom stereocenters. The molecule has 1 rings (SSSR count). The molecule has 0 aromatic carbocycles. The van der Waals surface area contributed by atoms with E-state index < -0.39 is 0 Å². The van der Waals surface area contributed by atoms with Gasteiger partial charge >= 0.3 is 0 Å². The summed E-state index contributed by atoms with van der Waals surface area (Å²) in [6.45, 7) is 11.9. The number of nitrogens with one attached hydrogen (secondary N) is 1. The number of hydrogen-bond acceptors (Lipinski definition) is 3. The minimum atomic E-state index is 0.00317. The van der Waals surface area contributed by atoms with Crippen molar-refractivity contribution < 1.29 is 0 Å². The number of hydrogen-bond donors (Lipinski definition) is 1. The molecule has 0 fully saturated rings. The molecule has 1 aromatic rings. The molecule has 2 nitrogen and oxygen atoms in total. The molecule has 80 valence electrons. The van der Waals surface area contributed by atoms with Crippen LogP contribution in [0.1, 0.15) is 37.6 Å². The van der Waals surface area contributed by atoms with Crippen molar-refractivity contribution >= 4 is 11.3 Å². The monoisotopic (exact) mass is 212 g/mol. The first-order valence-electron chi connectivity index (χ1n) is 5.10. The molecule has 0 unspecified atom stereocenters. The second-order valence-electron chi connectivity index (χ2n) is 4.68. The third-order valence-electron chi connectivity index (χ3n) is 2.11. The van der Waals surface area contributed by atoms with Crippen LogP contribution in [0.4, 0.5) is 0 Å². The van der Waals surface area contributed by atoms with Crippen molar-refractivity contribution in [1.82, 2.24) is 10.3 Å². The van der Waals surface area contributed by atoms with E-state index in [9.17, 15) is 0 Å². The zero-order chi connectivity index (χ0) is 10.8. The lowest BCUT2D eigenvalue weighted by Gasteiger charge is -2.25. The number of aryl methyl sites for hydroxylation is 1. The molecule has 14 heavy (non-hydrogen) atoms. The Morgan fingerprint density at radius 2 is 2.14 bits per heavy atom. The highest BCUT2D eigenvalue weighted by Crippen LogP contribution is 2.24. The predicted molar refractivity (Wildman–Crippen MR) is 62.7 cm³/mol. The van der Waals surface area contributed by atoms with Gasteiger partial charge < -0.3 is 5.32 Å². The van der Waals surface area contributed by atoms with Crippen molar-refractivity contribution in [3.63, 3.8) is 0 Å². The van der Waals surface area contributed by atoms with Gasteiger partial charge in [-0.1, -0.05) is 13.8 Å². The lowest BCUT2D eigenvalue weighted by Crippen LogP contribution is -2.38. The highest BCUT2D eigenvalue weighted by molar-refractivity contribution is 7.11. The molecule has 0 spiro atoms. The Kier molecular flexibility index (Phi) is 3.67. The molecule has 1 N–H and O–H groups in total. The zero-order valence-corrected chi connectivity index (χ0v) is 10.5. The molecule has 0 amide bonds. The Morgan fingerprint density at radius 1 is 1.50 bits per heavy atom. The van der Waals surface area contributed by atoms with Gasteiger partial charge in [-0.3, -0.25) is 0 Å². The van der Waals surface area contributed by atoms with Gasteiger partial charge in [-0.2, -0.15) is 0 Å². The molecule has 0 saturated heterocycles. The minimum absolute atomic E-state index is 0.00317. The smallest absolute Gasteiger partial charge is 0.112 e. The summed E-state index contributed by atoms with van der Waals surface area (Å²) in [4.78, 5) is 5.70. The second-order valence-corrected chi connectivity index (χ2v) is 5.91. The van der Waals surface area contributed by atoms with Gasteiger partial charge in [0.15, 0.2) is 0 Å². The topological polar surface area (TPSA) is 24.9 Å². The van der Waals surface area contributed by atoms with E-state index in [2.05, 4.69) is 44.9 Å². The van der Waals surface area contributed by atoms with Crippen LogP contribution in [-0.4, -0.2) is 11.5 Å². The van der Waals surface area contributed by atoms with Crippen molar-refractivity contribution in [2.75, 3.05) is 6.54 Å². The molecule has 0 bridgehead atoms. The molecular weight excluding hydrogens is 192 g/mol. The van der Waals surface area contributed by atoms with E-state index in [4.69, 9.17) is 0 Å². The fourth-order valence-electron chi connectivity index (χ4n) is 1.18. The fourth-order valence-corrected chi connectivity index (χ4v) is 2.02. The first-order valence-corrected chi connectivity index (χ1v) is 5.91. The Balaban J connectivity index is 2.65. The van der Waals surface area contributed by atoms with Gasteiger partial charge in [0.05, 0.1) is 5.54 Å². The van der Waals surface area contributed by atoms with E-state index >= 15 is 0 Å². The van der Waals surface area contributed by atoms with E-state index in [1.807, 2.05) is 6.20 Å². The molecule has 1 aromatic heterocycles. The summed E-state index contributed by atoms with van der Waals surface area (Å²) < 4.78 is 0. The number of nitrogens with zero attached hydrogens (tertiary/aromatic N) is 1. The standard InChI is InChI=1S/C11H20N2S/c1-8(2)6-13-11(4,5)10-12-7-9(3)14-10/h7-8,13H,6H2,1-5H3. The highest BCUT2D eigenvalue weighted by atomic mass is 32.1. The third-order valence-corrected chi connectivity index (χ3v) is 3.34. The zero-order valence-electron chi connectivity index (χ0n) is 9.72. The lowest BCUT2D eigenvalue weighted by molar-refractivity contribution is 0.373. The van der Waals surface area contributed by atoms with Crippen molar-refractivity contribution in [2.45, 2.75) is 40.2 Å². The molecule has 3 heteroatoms. The van der Waals surface area contributed by atoms with Gasteiger partial charge in [-0.15, -0.1) is 11.3 Å². The van der Waals surface area contributed by atoms with Gasteiger partial charge in [0, 0.05) is 11.1 Å². The van der Waals surface area contributed by atoms with E-state index in [0.717, 1.165) is 6.54 Å². The summed E-state index contributed by atoms with van der Waals surface area (Å²) in [7, 11) is 0. The molecule has 0 saturated carbocycles. The van der Waals surface area contributed by atoms with E-state index in [1.165, 1.54) is 9.88 Å². The summed E-state index contributed by atoms with van der Waals surface area (Å²) in [6.07, 6.45) is 1.94. The van der Waals surface area contributed by atoms with Crippen molar-refractivity contribution in [3.05, 3.63) is 16.1 Å². The van der Waals surface area contributed by atoms with Crippen LogP contribution in [0, 0.1) is 12.8 Å². The van der Waals surface area contributed by atoms with E-state index in [-0.39, 0.29) is 5.54 Å². The Labute approximate surface area is 90.8 Å². The van der Waals surface area contributed by atoms with Crippen molar-refractivity contribution in [3.8, 4) is 0 Å². The van der Waals surface area contributed by atoms with Crippen LogP contribution in [0.3, 0.4) is 0 Å². The summed E-state index contributed by atoms with van der Waals surface area (Å²) in [6, 6.07) is 0. The maximum Gasteiger partial charge on any atom is 0.112 e. The highest BCUT2D eigenvalue weighted by Gasteiger charge is 2.23. The largest absolute Gasteiger partial charge is 0.306 e. The van der Waals surface area contributed by atoms with Gasteiger partial charge in [-0.25, -0.2) is 4.98 Å². The SMILES string of the molecule is Cc1cnc(C(C)(C)NCC(C)C)s1. The van der Waals surface area contributed by atoms with Crippen LogP contribution in [0.15, 0.2) is 6.20 Å². The molecule has 0 aliphatic rings. The van der Waals surface area contributed by atoms with Gasteiger partial charge in [-0.05, 0) is 33.2 Å². The van der Waals surface area contributed by atoms with Gasteiger partial charge in [0.25, 0.3) is 0 Å². The fraction of sp³-hybridized carbons (Fsp3) is 0.727. The minimum Gasteiger partial charge on any atom is -0.306 e. The van der Waals surface area contributed by atoms with E-state index in [1.54, 1.807) is 11.3 Å². The van der Waals surface area contributed by atoms with Crippen LogP contribution >= 0.6 is 11.3 Å². The first-order chi connectivity index (χ1) is 6.42. The van der Waals surface area contributed by atoms with Crippen LogP contribution in [0.5, 0.6) is 0 Å². The molecule has 0 radical (unpaired) electrons. The van der Waals surface area contributed by atoms with Crippen LogP contribution in [0.2, 0.25) is 0 Å². The summed E-state index contributed by atoms with van der Waals surface area (Å²) in [5.74, 6) is 0.676. The second kappa shape index (κ2) is 4.41. The normalized spacial score (nSPS) is 12.4. The molecule has 0 aliphatic carbocycles. The Morgan fingerprint density at radius 3 is 2.57 bits per heavy atom. The third kappa shape index (κ3) is 3.07. The maximum atomic E-state index is 4.42.